The Balaban J connectivity index is 2.01. The molecule has 0 spiro atoms. The van der Waals surface area contributed by atoms with Crippen LogP contribution in [0.25, 0.3) is 0 Å². The van der Waals surface area contributed by atoms with Gasteiger partial charge in [-0.2, -0.15) is 10.1 Å². The quantitative estimate of drug-likeness (QED) is 0.843. The summed E-state index contributed by atoms with van der Waals surface area (Å²) in [6.45, 7) is 5.42. The van der Waals surface area contributed by atoms with E-state index in [4.69, 9.17) is 10.5 Å². The average molecular weight is 275 g/mol. The summed E-state index contributed by atoms with van der Waals surface area (Å²) in [5.41, 5.74) is 7.49. The topological polar surface area (TPSA) is 78.0 Å². The molecule has 0 aliphatic rings. The molecule has 6 nitrogen and oxygen atoms in total. The van der Waals surface area contributed by atoms with E-state index in [-0.39, 0.29) is 0 Å². The molecule has 20 heavy (non-hydrogen) atoms. The van der Waals surface area contributed by atoms with Gasteiger partial charge in [-0.25, -0.2) is 0 Å². The first-order valence-corrected chi connectivity index (χ1v) is 6.66. The van der Waals surface area contributed by atoms with E-state index in [0.29, 0.717) is 30.6 Å². The molecule has 0 saturated carbocycles. The van der Waals surface area contributed by atoms with Crippen molar-refractivity contribution >= 4 is 11.5 Å². The molecule has 2 aromatic heterocycles. The standard InChI is InChI=1S/C14H21N5O/c1-10(2)9-20-14-12(15)4-5-13(18-14)16-8-11-6-7-17-19(11)3/h4-7,10H,8-9,15H2,1-3H3,(H,16,18). The van der Waals surface area contributed by atoms with Crippen LogP contribution in [0.5, 0.6) is 5.88 Å². The van der Waals surface area contributed by atoms with Crippen molar-refractivity contribution in [3.8, 4) is 5.88 Å². The first-order chi connectivity index (χ1) is 9.56. The fourth-order valence-electron chi connectivity index (χ4n) is 1.67. The number of nitrogens with two attached hydrogens (primary N) is 1. The number of hydrogen-bond acceptors (Lipinski definition) is 5. The number of aromatic nitrogens is 3. The maximum Gasteiger partial charge on any atom is 0.239 e. The molecular weight excluding hydrogens is 254 g/mol. The second-order valence-corrected chi connectivity index (χ2v) is 5.10. The van der Waals surface area contributed by atoms with Crippen LogP contribution in [0.15, 0.2) is 24.4 Å². The maximum atomic E-state index is 5.86. The number of nitrogens with zero attached hydrogens (tertiary/aromatic N) is 3. The van der Waals surface area contributed by atoms with Gasteiger partial charge in [-0.05, 0) is 24.1 Å². The Labute approximate surface area is 119 Å². The third kappa shape index (κ3) is 3.63. The third-order valence-corrected chi connectivity index (χ3v) is 2.82. The molecule has 6 heteroatoms. The second kappa shape index (κ2) is 6.27. The third-order valence-electron chi connectivity index (χ3n) is 2.82. The second-order valence-electron chi connectivity index (χ2n) is 5.10. The highest BCUT2D eigenvalue weighted by Gasteiger charge is 2.06. The summed E-state index contributed by atoms with van der Waals surface area (Å²) in [5.74, 6) is 1.65. The van der Waals surface area contributed by atoms with Gasteiger partial charge in [-0.1, -0.05) is 13.8 Å². The van der Waals surface area contributed by atoms with Gasteiger partial charge in [0.1, 0.15) is 5.82 Å². The molecule has 0 amide bonds. The summed E-state index contributed by atoms with van der Waals surface area (Å²) in [7, 11) is 1.91. The predicted octanol–water partition coefficient (Wildman–Crippen LogP) is 2.04. The van der Waals surface area contributed by atoms with Gasteiger partial charge in [0.2, 0.25) is 5.88 Å². The van der Waals surface area contributed by atoms with Gasteiger partial charge in [0.25, 0.3) is 0 Å². The van der Waals surface area contributed by atoms with Gasteiger partial charge < -0.3 is 15.8 Å². The van der Waals surface area contributed by atoms with E-state index in [1.165, 1.54) is 0 Å². The van der Waals surface area contributed by atoms with E-state index in [2.05, 4.69) is 29.2 Å². The molecule has 108 valence electrons. The van der Waals surface area contributed by atoms with Gasteiger partial charge in [0, 0.05) is 13.2 Å². The molecule has 2 aromatic rings. The lowest BCUT2D eigenvalue weighted by Gasteiger charge is -2.12. The Hall–Kier alpha value is -2.24. The molecule has 3 N–H and O–H groups in total. The van der Waals surface area contributed by atoms with E-state index in [0.717, 1.165) is 11.5 Å². The zero-order valence-electron chi connectivity index (χ0n) is 12.1. The van der Waals surface area contributed by atoms with Gasteiger partial charge in [-0.3, -0.25) is 4.68 Å². The maximum absolute atomic E-state index is 5.86. The number of hydrogen-bond donors (Lipinski definition) is 2. The van der Waals surface area contributed by atoms with E-state index in [9.17, 15) is 0 Å². The van der Waals surface area contributed by atoms with Gasteiger partial charge in [0.15, 0.2) is 0 Å². The summed E-state index contributed by atoms with van der Waals surface area (Å²) in [6, 6.07) is 5.60. The highest BCUT2D eigenvalue weighted by molar-refractivity contribution is 5.53. The van der Waals surface area contributed by atoms with Crippen LogP contribution >= 0.6 is 0 Å². The zero-order valence-corrected chi connectivity index (χ0v) is 12.1. The lowest BCUT2D eigenvalue weighted by molar-refractivity contribution is 0.263. The molecule has 0 aromatic carbocycles. The molecule has 0 fully saturated rings. The number of ether oxygens (including phenoxy) is 1. The highest BCUT2D eigenvalue weighted by atomic mass is 16.5. The van der Waals surface area contributed by atoms with Crippen molar-refractivity contribution in [2.24, 2.45) is 13.0 Å². The first kappa shape index (κ1) is 14.2. The molecule has 0 saturated heterocycles. The molecule has 2 rings (SSSR count). The molecule has 0 bridgehead atoms. The summed E-state index contributed by atoms with van der Waals surface area (Å²) in [6.07, 6.45) is 1.77. The number of nitrogens with one attached hydrogen (secondary N) is 1. The van der Waals surface area contributed by atoms with Crippen molar-refractivity contribution in [1.29, 1.82) is 0 Å². The van der Waals surface area contributed by atoms with Crippen LogP contribution in [-0.2, 0) is 13.6 Å². The minimum Gasteiger partial charge on any atom is -0.476 e. The largest absolute Gasteiger partial charge is 0.476 e. The average Bonchev–Trinajstić information content (AvgIpc) is 2.81. The summed E-state index contributed by atoms with van der Waals surface area (Å²) in [5, 5.41) is 7.36. The van der Waals surface area contributed by atoms with E-state index >= 15 is 0 Å². The zero-order chi connectivity index (χ0) is 14.5. The van der Waals surface area contributed by atoms with Crippen LogP contribution in [0.4, 0.5) is 11.5 Å². The summed E-state index contributed by atoms with van der Waals surface area (Å²) < 4.78 is 7.43. The van der Waals surface area contributed by atoms with Crippen molar-refractivity contribution in [2.45, 2.75) is 20.4 Å². The highest BCUT2D eigenvalue weighted by Crippen LogP contribution is 2.21. The van der Waals surface area contributed by atoms with Crippen molar-refractivity contribution in [1.82, 2.24) is 14.8 Å². The van der Waals surface area contributed by atoms with Gasteiger partial charge in [0.05, 0.1) is 24.5 Å². The van der Waals surface area contributed by atoms with Crippen molar-refractivity contribution < 1.29 is 4.74 Å². The van der Waals surface area contributed by atoms with Crippen LogP contribution in [0.1, 0.15) is 19.5 Å². The SMILES string of the molecule is CC(C)COc1nc(NCc2ccnn2C)ccc1N. The number of pyridine rings is 1. The molecule has 0 aliphatic carbocycles. The Bertz CT molecular complexity index is 564. The number of nitrogen functional groups attached to an aromatic ring is 1. The van der Waals surface area contributed by atoms with Crippen LogP contribution in [0.2, 0.25) is 0 Å². The minimum absolute atomic E-state index is 0.433. The van der Waals surface area contributed by atoms with E-state index < -0.39 is 0 Å². The molecule has 0 unspecified atom stereocenters. The predicted molar refractivity (Wildman–Crippen MR) is 79.5 cm³/mol. The molecule has 0 atom stereocenters. The lowest BCUT2D eigenvalue weighted by atomic mass is 10.2. The first-order valence-electron chi connectivity index (χ1n) is 6.66. The lowest BCUT2D eigenvalue weighted by Crippen LogP contribution is -2.10. The fraction of sp³-hybridized carbons (Fsp3) is 0.429. The van der Waals surface area contributed by atoms with Crippen LogP contribution in [0, 0.1) is 5.92 Å². The Morgan fingerprint density at radius 2 is 2.15 bits per heavy atom. The van der Waals surface area contributed by atoms with E-state index in [1.54, 1.807) is 12.3 Å². The molecule has 0 aliphatic heterocycles. The van der Waals surface area contributed by atoms with Crippen molar-refractivity contribution in [2.75, 3.05) is 17.7 Å². The summed E-state index contributed by atoms with van der Waals surface area (Å²) in [4.78, 5) is 4.39. The molecule has 0 radical (unpaired) electrons. The molecule has 2 heterocycles. The van der Waals surface area contributed by atoms with Crippen molar-refractivity contribution in [3.05, 3.63) is 30.1 Å². The van der Waals surface area contributed by atoms with Gasteiger partial charge in [-0.15, -0.1) is 0 Å². The molecular formula is C14H21N5O. The number of rotatable bonds is 6. The number of aryl methyl sites for hydroxylation is 1. The summed E-state index contributed by atoms with van der Waals surface area (Å²) >= 11 is 0. The van der Waals surface area contributed by atoms with E-state index in [1.807, 2.05) is 23.9 Å². The number of anilines is 2. The Morgan fingerprint density at radius 1 is 1.35 bits per heavy atom. The van der Waals surface area contributed by atoms with Crippen LogP contribution in [0.3, 0.4) is 0 Å². The minimum atomic E-state index is 0.433. The monoisotopic (exact) mass is 275 g/mol. The van der Waals surface area contributed by atoms with Crippen LogP contribution < -0.4 is 15.8 Å². The normalized spacial score (nSPS) is 10.8. The fourth-order valence-corrected chi connectivity index (χ4v) is 1.67. The van der Waals surface area contributed by atoms with Crippen molar-refractivity contribution in [3.63, 3.8) is 0 Å². The Morgan fingerprint density at radius 3 is 2.80 bits per heavy atom. The van der Waals surface area contributed by atoms with Crippen LogP contribution in [-0.4, -0.2) is 21.4 Å². The smallest absolute Gasteiger partial charge is 0.239 e. The van der Waals surface area contributed by atoms with Gasteiger partial charge >= 0.3 is 0 Å². The Kier molecular flexibility index (Phi) is 4.45.